The number of halogens is 1. The van der Waals surface area contributed by atoms with Crippen molar-refractivity contribution in [2.75, 3.05) is 32.7 Å². The minimum Gasteiger partial charge on any atom is -0.348 e. The Hall–Kier alpha value is -2.25. The van der Waals surface area contributed by atoms with E-state index in [9.17, 15) is 9.18 Å². The van der Waals surface area contributed by atoms with Gasteiger partial charge in [-0.15, -0.1) is 0 Å². The van der Waals surface area contributed by atoms with Gasteiger partial charge < -0.3 is 15.2 Å². The fourth-order valence-corrected chi connectivity index (χ4v) is 3.80. The van der Waals surface area contributed by atoms with Crippen molar-refractivity contribution >= 4 is 5.91 Å². The molecular formula is C19H24FN5O. The van der Waals surface area contributed by atoms with Gasteiger partial charge in [-0.05, 0) is 24.1 Å². The number of hydrogen-bond donors (Lipinski definition) is 2. The first-order chi connectivity index (χ1) is 12.7. The quantitative estimate of drug-likeness (QED) is 0.873. The number of amides is 1. The van der Waals surface area contributed by atoms with Gasteiger partial charge in [0.2, 0.25) is 5.91 Å². The number of rotatable bonds is 3. The van der Waals surface area contributed by atoms with Crippen LogP contribution in [0.5, 0.6) is 0 Å². The molecule has 0 bridgehead atoms. The molecule has 1 aromatic carbocycles. The van der Waals surface area contributed by atoms with Gasteiger partial charge in [-0.3, -0.25) is 9.69 Å². The Morgan fingerprint density at radius 3 is 2.88 bits per heavy atom. The monoisotopic (exact) mass is 357 g/mol. The molecule has 7 heteroatoms. The number of carbonyl (C=O) groups is 1. The average molecular weight is 357 g/mol. The molecule has 6 nitrogen and oxygen atoms in total. The molecule has 138 valence electrons. The van der Waals surface area contributed by atoms with Crippen LogP contribution >= 0.6 is 0 Å². The standard InChI is InChI=1S/C19H24FN5O/c20-15-4-2-14(3-5-15)12-24-8-1-9-25(11-10-24)19(26)18-17-16(6-7-21-18)22-13-23-17/h2-5,13,18,21H,1,6-12H2,(H,22,23)/t18-/m0/s1. The van der Waals surface area contributed by atoms with Crippen molar-refractivity contribution < 1.29 is 9.18 Å². The summed E-state index contributed by atoms with van der Waals surface area (Å²) >= 11 is 0. The average Bonchev–Trinajstić information content (AvgIpc) is 3.02. The molecule has 2 aliphatic rings. The van der Waals surface area contributed by atoms with E-state index < -0.39 is 0 Å². The van der Waals surface area contributed by atoms with Crippen LogP contribution in [0, 0.1) is 5.82 Å². The van der Waals surface area contributed by atoms with Crippen LogP contribution in [0.2, 0.25) is 0 Å². The van der Waals surface area contributed by atoms with Gasteiger partial charge in [0, 0.05) is 51.4 Å². The number of aromatic amines is 1. The van der Waals surface area contributed by atoms with Crippen LogP contribution in [0.15, 0.2) is 30.6 Å². The Kier molecular flexibility index (Phi) is 4.99. The zero-order chi connectivity index (χ0) is 17.9. The first-order valence-electron chi connectivity index (χ1n) is 9.22. The molecule has 1 amide bonds. The van der Waals surface area contributed by atoms with Gasteiger partial charge in [0.25, 0.3) is 0 Å². The van der Waals surface area contributed by atoms with Crippen LogP contribution < -0.4 is 5.32 Å². The van der Waals surface area contributed by atoms with Gasteiger partial charge in [0.1, 0.15) is 11.9 Å². The maximum Gasteiger partial charge on any atom is 0.246 e. The van der Waals surface area contributed by atoms with Gasteiger partial charge in [-0.25, -0.2) is 9.37 Å². The zero-order valence-corrected chi connectivity index (χ0v) is 14.7. The van der Waals surface area contributed by atoms with Crippen molar-refractivity contribution in [2.45, 2.75) is 25.4 Å². The number of fused-ring (bicyclic) bond motifs is 1. The molecular weight excluding hydrogens is 333 g/mol. The molecule has 0 unspecified atom stereocenters. The van der Waals surface area contributed by atoms with Crippen molar-refractivity contribution in [3.8, 4) is 0 Å². The highest BCUT2D eigenvalue weighted by Crippen LogP contribution is 2.22. The summed E-state index contributed by atoms with van der Waals surface area (Å²) in [5, 5.41) is 3.31. The lowest BCUT2D eigenvalue weighted by atomic mass is 10.0. The van der Waals surface area contributed by atoms with Crippen LogP contribution in [0.3, 0.4) is 0 Å². The molecule has 0 radical (unpaired) electrons. The van der Waals surface area contributed by atoms with E-state index in [1.54, 1.807) is 6.33 Å². The van der Waals surface area contributed by atoms with E-state index in [0.717, 1.165) is 62.5 Å². The molecule has 0 spiro atoms. The molecule has 26 heavy (non-hydrogen) atoms. The highest BCUT2D eigenvalue weighted by atomic mass is 19.1. The maximum absolute atomic E-state index is 13.1. The third-order valence-electron chi connectivity index (χ3n) is 5.22. The summed E-state index contributed by atoms with van der Waals surface area (Å²) in [7, 11) is 0. The summed E-state index contributed by atoms with van der Waals surface area (Å²) in [6.07, 6.45) is 3.49. The van der Waals surface area contributed by atoms with E-state index in [1.165, 1.54) is 12.1 Å². The van der Waals surface area contributed by atoms with E-state index in [4.69, 9.17) is 0 Å². The second-order valence-electron chi connectivity index (χ2n) is 6.98. The molecule has 0 saturated carbocycles. The summed E-state index contributed by atoms with van der Waals surface area (Å²) in [5.41, 5.74) is 3.00. The molecule has 2 N–H and O–H groups in total. The largest absolute Gasteiger partial charge is 0.348 e. The Morgan fingerprint density at radius 1 is 1.19 bits per heavy atom. The van der Waals surface area contributed by atoms with Crippen molar-refractivity contribution in [1.82, 2.24) is 25.1 Å². The normalized spacial score (nSPS) is 21.3. The van der Waals surface area contributed by atoms with E-state index in [2.05, 4.69) is 20.2 Å². The van der Waals surface area contributed by atoms with Crippen LogP contribution in [0.25, 0.3) is 0 Å². The van der Waals surface area contributed by atoms with E-state index in [1.807, 2.05) is 17.0 Å². The van der Waals surface area contributed by atoms with E-state index in [0.29, 0.717) is 6.54 Å². The van der Waals surface area contributed by atoms with Crippen LogP contribution in [-0.2, 0) is 17.8 Å². The van der Waals surface area contributed by atoms with E-state index in [-0.39, 0.29) is 17.8 Å². The molecule has 1 fully saturated rings. The van der Waals surface area contributed by atoms with E-state index >= 15 is 0 Å². The summed E-state index contributed by atoms with van der Waals surface area (Å²) in [4.78, 5) is 24.8. The van der Waals surface area contributed by atoms with Gasteiger partial charge >= 0.3 is 0 Å². The fraction of sp³-hybridized carbons (Fsp3) is 0.474. The Bertz CT molecular complexity index is 760. The third kappa shape index (κ3) is 3.64. The predicted octanol–water partition coefficient (Wildman–Crippen LogP) is 1.47. The van der Waals surface area contributed by atoms with Crippen molar-refractivity contribution in [3.05, 3.63) is 53.4 Å². The molecule has 1 saturated heterocycles. The lowest BCUT2D eigenvalue weighted by Crippen LogP contribution is -2.45. The van der Waals surface area contributed by atoms with Crippen molar-refractivity contribution in [1.29, 1.82) is 0 Å². The lowest BCUT2D eigenvalue weighted by Gasteiger charge is -2.29. The van der Waals surface area contributed by atoms with Crippen molar-refractivity contribution in [2.24, 2.45) is 0 Å². The number of H-pyrrole nitrogens is 1. The molecule has 0 aliphatic carbocycles. The van der Waals surface area contributed by atoms with Crippen LogP contribution in [0.4, 0.5) is 4.39 Å². The van der Waals surface area contributed by atoms with Crippen molar-refractivity contribution in [3.63, 3.8) is 0 Å². The van der Waals surface area contributed by atoms with Gasteiger partial charge in [0.05, 0.1) is 12.0 Å². The highest BCUT2D eigenvalue weighted by molar-refractivity contribution is 5.83. The molecule has 2 aromatic rings. The van der Waals surface area contributed by atoms with Gasteiger partial charge in [-0.1, -0.05) is 12.1 Å². The number of nitrogens with one attached hydrogen (secondary N) is 2. The second kappa shape index (κ2) is 7.55. The minimum absolute atomic E-state index is 0.113. The SMILES string of the molecule is O=C([C@H]1NCCc2[nH]cnc21)N1CCCN(Cc2ccc(F)cc2)CC1. The molecule has 3 heterocycles. The van der Waals surface area contributed by atoms with Gasteiger partial charge in [-0.2, -0.15) is 0 Å². The summed E-state index contributed by atoms with van der Waals surface area (Å²) < 4.78 is 13.1. The van der Waals surface area contributed by atoms with Gasteiger partial charge in [0.15, 0.2) is 0 Å². The smallest absolute Gasteiger partial charge is 0.246 e. The number of benzene rings is 1. The summed E-state index contributed by atoms with van der Waals surface area (Å²) in [5.74, 6) is -0.0965. The number of aromatic nitrogens is 2. The molecule has 1 atom stereocenters. The molecule has 2 aliphatic heterocycles. The number of imidazole rings is 1. The molecule has 1 aromatic heterocycles. The Balaban J connectivity index is 1.38. The number of carbonyl (C=O) groups excluding carboxylic acids is 1. The Labute approximate surface area is 152 Å². The van der Waals surface area contributed by atoms with Crippen LogP contribution in [0.1, 0.15) is 29.4 Å². The first kappa shape index (κ1) is 17.2. The Morgan fingerprint density at radius 2 is 2.04 bits per heavy atom. The van der Waals surface area contributed by atoms with Crippen LogP contribution in [-0.4, -0.2) is 58.4 Å². The topological polar surface area (TPSA) is 64.3 Å². The maximum atomic E-state index is 13.1. The summed E-state index contributed by atoms with van der Waals surface area (Å²) in [6.45, 7) is 4.80. The summed E-state index contributed by atoms with van der Waals surface area (Å²) in [6, 6.07) is 6.31. The highest BCUT2D eigenvalue weighted by Gasteiger charge is 2.32. The zero-order valence-electron chi connectivity index (χ0n) is 14.7. The minimum atomic E-state index is -0.339. The molecule has 4 rings (SSSR count). The third-order valence-corrected chi connectivity index (χ3v) is 5.22. The second-order valence-corrected chi connectivity index (χ2v) is 6.98. The first-order valence-corrected chi connectivity index (χ1v) is 9.22. The number of nitrogens with zero attached hydrogens (tertiary/aromatic N) is 3. The predicted molar refractivity (Wildman–Crippen MR) is 95.9 cm³/mol. The fourth-order valence-electron chi connectivity index (χ4n) is 3.80. The lowest BCUT2D eigenvalue weighted by molar-refractivity contribution is -0.133. The number of hydrogen-bond acceptors (Lipinski definition) is 4.